The van der Waals surface area contributed by atoms with Crippen molar-refractivity contribution in [1.82, 2.24) is 20.1 Å². The number of rotatable bonds is 9. The molecule has 1 aromatic carbocycles. The summed E-state index contributed by atoms with van der Waals surface area (Å²) in [7, 11) is 0. The fourth-order valence-corrected chi connectivity index (χ4v) is 1.83. The van der Waals surface area contributed by atoms with E-state index >= 15 is 0 Å². The lowest BCUT2D eigenvalue weighted by Crippen LogP contribution is -2.25. The van der Waals surface area contributed by atoms with E-state index in [0.29, 0.717) is 31.9 Å². The Morgan fingerprint density at radius 1 is 1.27 bits per heavy atom. The van der Waals surface area contributed by atoms with Crippen LogP contribution in [0.4, 0.5) is 4.39 Å². The molecule has 0 saturated carbocycles. The van der Waals surface area contributed by atoms with Crippen LogP contribution in [0.25, 0.3) is 0 Å². The summed E-state index contributed by atoms with van der Waals surface area (Å²) in [4.78, 5) is 15.4. The quantitative estimate of drug-likeness (QED) is 0.717. The van der Waals surface area contributed by atoms with E-state index in [2.05, 4.69) is 15.4 Å². The van der Waals surface area contributed by atoms with Crippen molar-refractivity contribution in [3.63, 3.8) is 0 Å². The van der Waals surface area contributed by atoms with Crippen LogP contribution in [-0.4, -0.2) is 33.8 Å². The second-order valence-electron chi connectivity index (χ2n) is 4.77. The third kappa shape index (κ3) is 5.90. The zero-order valence-electron chi connectivity index (χ0n) is 12.2. The van der Waals surface area contributed by atoms with E-state index in [9.17, 15) is 9.18 Å². The first-order valence-corrected chi connectivity index (χ1v) is 7.21. The highest BCUT2D eigenvalue weighted by Crippen LogP contribution is 2.11. The number of ether oxygens (including phenoxy) is 1. The zero-order chi connectivity index (χ0) is 15.6. The van der Waals surface area contributed by atoms with Crippen LogP contribution in [0.1, 0.15) is 19.3 Å². The Morgan fingerprint density at radius 3 is 2.82 bits per heavy atom. The number of carbonyl (C=O) groups excluding carboxylic acids is 1. The monoisotopic (exact) mass is 306 g/mol. The van der Waals surface area contributed by atoms with Gasteiger partial charge in [0, 0.05) is 13.0 Å². The van der Waals surface area contributed by atoms with Crippen molar-refractivity contribution in [2.75, 3.05) is 13.2 Å². The molecule has 1 heterocycles. The van der Waals surface area contributed by atoms with Crippen LogP contribution in [0.15, 0.2) is 36.9 Å². The SMILES string of the molecule is O=C(CCn1cncn1)NCCCCOc1ccc(F)cc1. The number of halogens is 1. The minimum absolute atomic E-state index is 0.00467. The fraction of sp³-hybridized carbons (Fsp3) is 0.400. The maximum absolute atomic E-state index is 12.7. The minimum atomic E-state index is -0.277. The van der Waals surface area contributed by atoms with Crippen LogP contribution in [-0.2, 0) is 11.3 Å². The van der Waals surface area contributed by atoms with Crippen LogP contribution in [0.3, 0.4) is 0 Å². The molecule has 118 valence electrons. The molecule has 0 aliphatic heterocycles. The van der Waals surface area contributed by atoms with Gasteiger partial charge in [-0.1, -0.05) is 0 Å². The van der Waals surface area contributed by atoms with Crippen molar-refractivity contribution in [2.45, 2.75) is 25.8 Å². The summed E-state index contributed by atoms with van der Waals surface area (Å²) in [6.07, 6.45) is 5.06. The lowest BCUT2D eigenvalue weighted by molar-refractivity contribution is -0.121. The van der Waals surface area contributed by atoms with Gasteiger partial charge < -0.3 is 10.1 Å². The highest BCUT2D eigenvalue weighted by molar-refractivity contribution is 5.75. The van der Waals surface area contributed by atoms with Crippen molar-refractivity contribution in [1.29, 1.82) is 0 Å². The second-order valence-corrected chi connectivity index (χ2v) is 4.77. The Balaban J connectivity index is 1.48. The Kier molecular flexibility index (Phi) is 6.35. The number of amides is 1. The van der Waals surface area contributed by atoms with E-state index in [1.54, 1.807) is 23.1 Å². The van der Waals surface area contributed by atoms with Crippen molar-refractivity contribution in [3.05, 3.63) is 42.7 Å². The van der Waals surface area contributed by atoms with Crippen LogP contribution in [0.2, 0.25) is 0 Å². The number of unbranched alkanes of at least 4 members (excludes halogenated alkanes) is 1. The molecule has 0 unspecified atom stereocenters. The highest BCUT2D eigenvalue weighted by atomic mass is 19.1. The number of benzene rings is 1. The van der Waals surface area contributed by atoms with Crippen molar-refractivity contribution in [2.24, 2.45) is 0 Å². The molecule has 2 aromatic rings. The van der Waals surface area contributed by atoms with Gasteiger partial charge in [0.1, 0.15) is 24.2 Å². The van der Waals surface area contributed by atoms with Gasteiger partial charge in [-0.05, 0) is 37.1 Å². The summed E-state index contributed by atoms with van der Waals surface area (Å²) in [6, 6.07) is 5.93. The molecule has 0 radical (unpaired) electrons. The number of hydrogen-bond acceptors (Lipinski definition) is 4. The number of aromatic nitrogens is 3. The first-order chi connectivity index (χ1) is 10.7. The average molecular weight is 306 g/mol. The molecule has 22 heavy (non-hydrogen) atoms. The van der Waals surface area contributed by atoms with Gasteiger partial charge >= 0.3 is 0 Å². The van der Waals surface area contributed by atoms with Gasteiger partial charge in [0.15, 0.2) is 0 Å². The lowest BCUT2D eigenvalue weighted by Gasteiger charge is -2.07. The molecule has 0 bridgehead atoms. The van der Waals surface area contributed by atoms with E-state index in [0.717, 1.165) is 12.8 Å². The molecular formula is C15H19FN4O2. The first kappa shape index (κ1) is 15.9. The predicted octanol–water partition coefficient (Wildman–Crippen LogP) is 1.78. The summed E-state index contributed by atoms with van der Waals surface area (Å²) in [5, 5.41) is 6.77. The van der Waals surface area contributed by atoms with Gasteiger partial charge in [-0.25, -0.2) is 9.37 Å². The van der Waals surface area contributed by atoms with Gasteiger partial charge in [-0.3, -0.25) is 9.48 Å². The summed E-state index contributed by atoms with van der Waals surface area (Å²) in [5.41, 5.74) is 0. The molecule has 2 rings (SSSR count). The number of hydrogen-bond donors (Lipinski definition) is 1. The van der Waals surface area contributed by atoms with Crippen molar-refractivity contribution in [3.8, 4) is 5.75 Å². The zero-order valence-corrected chi connectivity index (χ0v) is 12.2. The first-order valence-electron chi connectivity index (χ1n) is 7.21. The Morgan fingerprint density at radius 2 is 2.09 bits per heavy atom. The van der Waals surface area contributed by atoms with E-state index in [4.69, 9.17) is 4.74 Å². The molecule has 0 aliphatic carbocycles. The number of nitrogens with zero attached hydrogens (tertiary/aromatic N) is 3. The van der Waals surface area contributed by atoms with Crippen LogP contribution in [0.5, 0.6) is 5.75 Å². The van der Waals surface area contributed by atoms with Crippen molar-refractivity contribution < 1.29 is 13.9 Å². The number of nitrogens with one attached hydrogen (secondary N) is 1. The molecule has 7 heteroatoms. The van der Waals surface area contributed by atoms with E-state index in [-0.39, 0.29) is 11.7 Å². The molecule has 1 amide bonds. The number of carbonyl (C=O) groups is 1. The fourth-order valence-electron chi connectivity index (χ4n) is 1.83. The Hall–Kier alpha value is -2.44. The molecule has 1 aromatic heterocycles. The molecular weight excluding hydrogens is 287 g/mol. The standard InChI is InChI=1S/C15H19FN4O2/c16-13-3-5-14(6-4-13)22-10-2-1-8-18-15(21)7-9-20-12-17-11-19-20/h3-6,11-12H,1-2,7-10H2,(H,18,21). The van der Waals surface area contributed by atoms with Crippen LogP contribution >= 0.6 is 0 Å². The average Bonchev–Trinajstić information content (AvgIpc) is 3.04. The maximum atomic E-state index is 12.7. The van der Waals surface area contributed by atoms with E-state index < -0.39 is 0 Å². The minimum Gasteiger partial charge on any atom is -0.494 e. The van der Waals surface area contributed by atoms with Crippen LogP contribution in [0, 0.1) is 5.82 Å². The molecule has 0 spiro atoms. The topological polar surface area (TPSA) is 69.0 Å². The molecule has 0 aliphatic rings. The van der Waals surface area contributed by atoms with Gasteiger partial charge in [0.05, 0.1) is 13.2 Å². The molecule has 6 nitrogen and oxygen atoms in total. The normalized spacial score (nSPS) is 10.4. The van der Waals surface area contributed by atoms with Crippen molar-refractivity contribution >= 4 is 5.91 Å². The maximum Gasteiger partial charge on any atom is 0.221 e. The smallest absolute Gasteiger partial charge is 0.221 e. The third-order valence-electron chi connectivity index (χ3n) is 3.01. The summed E-state index contributed by atoms with van der Waals surface area (Å²) < 4.78 is 19.8. The largest absolute Gasteiger partial charge is 0.494 e. The Bertz CT molecular complexity index is 557. The molecule has 0 fully saturated rings. The van der Waals surface area contributed by atoms with Gasteiger partial charge in [-0.15, -0.1) is 0 Å². The van der Waals surface area contributed by atoms with Gasteiger partial charge in [-0.2, -0.15) is 5.10 Å². The van der Waals surface area contributed by atoms with Crippen LogP contribution < -0.4 is 10.1 Å². The molecule has 1 N–H and O–H groups in total. The Labute approximate surface area is 128 Å². The predicted molar refractivity (Wildman–Crippen MR) is 78.8 cm³/mol. The van der Waals surface area contributed by atoms with E-state index in [1.807, 2.05) is 0 Å². The summed E-state index contributed by atoms with van der Waals surface area (Å²) in [6.45, 7) is 1.68. The van der Waals surface area contributed by atoms with Gasteiger partial charge in [0.25, 0.3) is 0 Å². The lowest BCUT2D eigenvalue weighted by atomic mass is 10.3. The molecule has 0 saturated heterocycles. The molecule has 0 atom stereocenters. The summed E-state index contributed by atoms with van der Waals surface area (Å²) in [5.74, 6) is 0.370. The number of aryl methyl sites for hydroxylation is 1. The third-order valence-corrected chi connectivity index (χ3v) is 3.01. The van der Waals surface area contributed by atoms with E-state index in [1.165, 1.54) is 18.5 Å². The second kappa shape index (κ2) is 8.76. The highest BCUT2D eigenvalue weighted by Gasteiger charge is 2.01. The van der Waals surface area contributed by atoms with Gasteiger partial charge in [0.2, 0.25) is 5.91 Å². The summed E-state index contributed by atoms with van der Waals surface area (Å²) >= 11 is 0.